The number of ether oxygens (including phenoxy) is 1. The van der Waals surface area contributed by atoms with Crippen molar-refractivity contribution >= 4 is 12.0 Å². The first kappa shape index (κ1) is 15.6. The molecule has 0 aliphatic rings. The van der Waals surface area contributed by atoms with Gasteiger partial charge in [-0.1, -0.05) is 42.5 Å². The van der Waals surface area contributed by atoms with Crippen LogP contribution in [0.4, 0.5) is 15.1 Å². The van der Waals surface area contributed by atoms with Gasteiger partial charge in [-0.25, -0.2) is 19.2 Å². The number of rotatable bonds is 4. The summed E-state index contributed by atoms with van der Waals surface area (Å²) in [6, 6.07) is 15.3. The van der Waals surface area contributed by atoms with Crippen molar-refractivity contribution in [1.82, 2.24) is 9.97 Å². The molecule has 0 aliphatic heterocycles. The third-order valence-electron chi connectivity index (χ3n) is 3.26. The van der Waals surface area contributed by atoms with Crippen LogP contribution in [0, 0.1) is 5.82 Å². The number of amides is 1. The molecule has 3 aromatic rings. The van der Waals surface area contributed by atoms with E-state index in [1.165, 1.54) is 12.1 Å². The lowest BCUT2D eigenvalue weighted by atomic mass is 10.1. The highest BCUT2D eigenvalue weighted by atomic mass is 19.1. The number of hydrogen-bond donors (Lipinski definition) is 1. The van der Waals surface area contributed by atoms with E-state index in [9.17, 15) is 9.18 Å². The van der Waals surface area contributed by atoms with Gasteiger partial charge in [0.2, 0.25) is 5.95 Å². The summed E-state index contributed by atoms with van der Waals surface area (Å²) in [5.74, 6) is -0.168. The predicted octanol–water partition coefficient (Wildman–Crippen LogP) is 4.03. The highest BCUT2D eigenvalue weighted by Crippen LogP contribution is 2.18. The number of carbonyl (C=O) groups is 1. The number of benzene rings is 2. The fourth-order valence-electron chi connectivity index (χ4n) is 2.03. The summed E-state index contributed by atoms with van der Waals surface area (Å²) in [5.41, 5.74) is 2.40. The van der Waals surface area contributed by atoms with Crippen molar-refractivity contribution in [3.05, 3.63) is 78.4 Å². The third-order valence-corrected chi connectivity index (χ3v) is 3.26. The summed E-state index contributed by atoms with van der Waals surface area (Å²) in [6.07, 6.45) is 2.47. The molecule has 6 heteroatoms. The molecule has 0 saturated heterocycles. The number of aromatic nitrogens is 2. The van der Waals surface area contributed by atoms with Crippen molar-refractivity contribution in [2.24, 2.45) is 0 Å². The maximum absolute atomic E-state index is 12.9. The number of carbonyl (C=O) groups excluding carboxylic acids is 1. The van der Waals surface area contributed by atoms with E-state index in [4.69, 9.17) is 4.74 Å². The van der Waals surface area contributed by atoms with Gasteiger partial charge < -0.3 is 4.74 Å². The molecule has 120 valence electrons. The van der Waals surface area contributed by atoms with Gasteiger partial charge in [0.1, 0.15) is 12.4 Å². The van der Waals surface area contributed by atoms with Gasteiger partial charge in [0.15, 0.2) is 0 Å². The lowest BCUT2D eigenvalue weighted by molar-refractivity contribution is 0.155. The van der Waals surface area contributed by atoms with Gasteiger partial charge in [0.05, 0.1) is 0 Å². The van der Waals surface area contributed by atoms with Gasteiger partial charge >= 0.3 is 6.09 Å². The van der Waals surface area contributed by atoms with Gasteiger partial charge in [-0.05, 0) is 23.3 Å². The first-order chi connectivity index (χ1) is 11.7. The van der Waals surface area contributed by atoms with Gasteiger partial charge in [-0.15, -0.1) is 0 Å². The fourth-order valence-corrected chi connectivity index (χ4v) is 2.03. The monoisotopic (exact) mass is 323 g/mol. The largest absolute Gasteiger partial charge is 0.444 e. The molecular weight excluding hydrogens is 309 g/mol. The van der Waals surface area contributed by atoms with Crippen molar-refractivity contribution in [3.8, 4) is 11.1 Å². The van der Waals surface area contributed by atoms with Crippen molar-refractivity contribution in [2.45, 2.75) is 6.61 Å². The van der Waals surface area contributed by atoms with Crippen LogP contribution in [-0.2, 0) is 11.3 Å². The van der Waals surface area contributed by atoms with E-state index in [0.29, 0.717) is 0 Å². The van der Waals surface area contributed by atoms with Crippen molar-refractivity contribution in [2.75, 3.05) is 5.32 Å². The Morgan fingerprint density at radius 1 is 0.958 bits per heavy atom. The summed E-state index contributed by atoms with van der Waals surface area (Å²) in [7, 11) is 0. The Morgan fingerprint density at radius 3 is 2.29 bits per heavy atom. The number of nitrogens with one attached hydrogen (secondary N) is 1. The molecule has 2 aromatic carbocycles. The minimum absolute atomic E-state index is 0.138. The van der Waals surface area contributed by atoms with E-state index in [2.05, 4.69) is 15.3 Å². The molecule has 24 heavy (non-hydrogen) atoms. The topological polar surface area (TPSA) is 64.1 Å². The second-order valence-corrected chi connectivity index (χ2v) is 4.99. The van der Waals surface area contributed by atoms with Crippen molar-refractivity contribution < 1.29 is 13.9 Å². The molecule has 0 bridgehead atoms. The molecule has 0 saturated carbocycles. The van der Waals surface area contributed by atoms with Gasteiger partial charge in [0, 0.05) is 18.0 Å². The van der Waals surface area contributed by atoms with E-state index in [1.54, 1.807) is 24.5 Å². The van der Waals surface area contributed by atoms with Crippen LogP contribution in [-0.4, -0.2) is 16.1 Å². The number of nitrogens with zero attached hydrogens (tertiary/aromatic N) is 2. The molecule has 0 spiro atoms. The average molecular weight is 323 g/mol. The summed E-state index contributed by atoms with van der Waals surface area (Å²) >= 11 is 0. The SMILES string of the molecule is O=C(Nc1ncc(-c2ccc(F)cc2)cn1)OCc1ccccc1. The van der Waals surface area contributed by atoms with Gasteiger partial charge in [-0.3, -0.25) is 5.32 Å². The standard InChI is InChI=1S/C18H14FN3O2/c19-16-8-6-14(7-9-16)15-10-20-17(21-11-15)22-18(23)24-12-13-4-2-1-3-5-13/h1-11H,12H2,(H,20,21,22,23). The Morgan fingerprint density at radius 2 is 1.62 bits per heavy atom. The van der Waals surface area contributed by atoms with Crippen LogP contribution in [0.1, 0.15) is 5.56 Å². The molecule has 0 fully saturated rings. The van der Waals surface area contributed by atoms with Gasteiger partial charge in [0.25, 0.3) is 0 Å². The Hall–Kier alpha value is -3.28. The molecule has 1 N–H and O–H groups in total. The zero-order valence-corrected chi connectivity index (χ0v) is 12.6. The normalized spacial score (nSPS) is 10.2. The number of halogens is 1. The molecule has 0 atom stereocenters. The summed E-state index contributed by atoms with van der Waals surface area (Å²) in [6.45, 7) is 0.167. The molecule has 3 rings (SSSR count). The second kappa shape index (κ2) is 7.32. The lowest BCUT2D eigenvalue weighted by Crippen LogP contribution is -2.15. The summed E-state index contributed by atoms with van der Waals surface area (Å²) < 4.78 is 18.0. The lowest BCUT2D eigenvalue weighted by Gasteiger charge is -2.06. The zero-order valence-electron chi connectivity index (χ0n) is 12.6. The highest BCUT2D eigenvalue weighted by molar-refractivity contribution is 5.82. The molecular formula is C18H14FN3O2. The van der Waals surface area contributed by atoms with Crippen LogP contribution in [0.5, 0.6) is 0 Å². The molecule has 1 amide bonds. The van der Waals surface area contributed by atoms with E-state index in [1.807, 2.05) is 30.3 Å². The first-order valence-electron chi connectivity index (χ1n) is 7.26. The Labute approximate surface area is 138 Å². The molecule has 1 heterocycles. The second-order valence-electron chi connectivity index (χ2n) is 4.99. The van der Waals surface area contributed by atoms with Crippen molar-refractivity contribution in [1.29, 1.82) is 0 Å². The van der Waals surface area contributed by atoms with Crippen LogP contribution in [0.2, 0.25) is 0 Å². The number of anilines is 1. The maximum atomic E-state index is 12.9. The first-order valence-corrected chi connectivity index (χ1v) is 7.26. The molecule has 0 aliphatic carbocycles. The zero-order chi connectivity index (χ0) is 16.8. The Bertz CT molecular complexity index is 806. The maximum Gasteiger partial charge on any atom is 0.414 e. The third kappa shape index (κ3) is 4.13. The minimum Gasteiger partial charge on any atom is -0.444 e. The van der Waals surface area contributed by atoms with Crippen LogP contribution in [0.3, 0.4) is 0 Å². The Balaban J connectivity index is 1.57. The summed E-state index contributed by atoms with van der Waals surface area (Å²) in [4.78, 5) is 19.8. The van der Waals surface area contributed by atoms with Gasteiger partial charge in [-0.2, -0.15) is 0 Å². The van der Waals surface area contributed by atoms with Crippen LogP contribution >= 0.6 is 0 Å². The smallest absolute Gasteiger partial charge is 0.414 e. The predicted molar refractivity (Wildman–Crippen MR) is 87.7 cm³/mol. The number of hydrogen-bond acceptors (Lipinski definition) is 4. The molecule has 1 aromatic heterocycles. The Kier molecular flexibility index (Phi) is 4.76. The highest BCUT2D eigenvalue weighted by Gasteiger charge is 2.06. The van der Waals surface area contributed by atoms with E-state index in [-0.39, 0.29) is 18.4 Å². The quantitative estimate of drug-likeness (QED) is 0.787. The molecule has 0 unspecified atom stereocenters. The summed E-state index contributed by atoms with van der Waals surface area (Å²) in [5, 5.41) is 2.46. The van der Waals surface area contributed by atoms with E-state index < -0.39 is 6.09 Å². The molecule has 0 radical (unpaired) electrons. The molecule has 5 nitrogen and oxygen atoms in total. The minimum atomic E-state index is -0.631. The fraction of sp³-hybridized carbons (Fsp3) is 0.0556. The van der Waals surface area contributed by atoms with Crippen LogP contribution < -0.4 is 5.32 Å². The van der Waals surface area contributed by atoms with E-state index >= 15 is 0 Å². The van der Waals surface area contributed by atoms with Crippen LogP contribution in [0.15, 0.2) is 67.0 Å². The average Bonchev–Trinajstić information content (AvgIpc) is 2.62. The van der Waals surface area contributed by atoms with Crippen LogP contribution in [0.25, 0.3) is 11.1 Å². The van der Waals surface area contributed by atoms with Crippen molar-refractivity contribution in [3.63, 3.8) is 0 Å². The van der Waals surface area contributed by atoms with E-state index in [0.717, 1.165) is 16.7 Å².